The van der Waals surface area contributed by atoms with Gasteiger partial charge in [0.2, 0.25) is 5.78 Å². The highest BCUT2D eigenvalue weighted by Gasteiger charge is 2.28. The van der Waals surface area contributed by atoms with Gasteiger partial charge in [0.1, 0.15) is 11.5 Å². The van der Waals surface area contributed by atoms with Crippen LogP contribution in [0.3, 0.4) is 0 Å². The van der Waals surface area contributed by atoms with Gasteiger partial charge in [-0.15, -0.1) is 0 Å². The largest absolute Gasteiger partial charge is 0.494 e. The van der Waals surface area contributed by atoms with E-state index in [1.807, 2.05) is 6.92 Å². The quantitative estimate of drug-likeness (QED) is 0.678. The summed E-state index contributed by atoms with van der Waals surface area (Å²) in [7, 11) is 1.49. The molecule has 0 aromatic heterocycles. The van der Waals surface area contributed by atoms with E-state index in [9.17, 15) is 9.59 Å². The number of methoxy groups -OCH3 is 1. The molecule has 2 aromatic rings. The molecule has 0 unspecified atom stereocenters. The minimum atomic E-state index is -0.456. The van der Waals surface area contributed by atoms with Crippen molar-refractivity contribution in [3.63, 3.8) is 0 Å². The number of morpholine rings is 1. The number of carbonyl (C=O) groups excluding carboxylic acids is 2. The van der Waals surface area contributed by atoms with Crippen LogP contribution in [0.25, 0.3) is 6.08 Å². The molecule has 0 atom stereocenters. The molecule has 8 heteroatoms. The minimum absolute atomic E-state index is 0.198. The Hall–Kier alpha value is -3.52. The van der Waals surface area contributed by atoms with Gasteiger partial charge in [0, 0.05) is 19.2 Å². The van der Waals surface area contributed by atoms with Crippen LogP contribution in [0, 0.1) is 0 Å². The minimum Gasteiger partial charge on any atom is -0.494 e. The van der Waals surface area contributed by atoms with Crippen LogP contribution >= 0.6 is 0 Å². The zero-order chi connectivity index (χ0) is 21.8. The van der Waals surface area contributed by atoms with E-state index in [1.165, 1.54) is 7.11 Å². The van der Waals surface area contributed by atoms with Crippen molar-refractivity contribution in [1.29, 1.82) is 0 Å². The van der Waals surface area contributed by atoms with Gasteiger partial charge in [-0.2, -0.15) is 0 Å². The number of Topliss-reactive ketones (excluding diaryl/α,β-unsaturated/α-hetero) is 1. The van der Waals surface area contributed by atoms with Crippen molar-refractivity contribution in [3.8, 4) is 23.0 Å². The third-order valence-electron chi connectivity index (χ3n) is 4.90. The highest BCUT2D eigenvalue weighted by atomic mass is 16.6. The number of fused-ring (bicyclic) bond motifs is 1. The van der Waals surface area contributed by atoms with E-state index in [2.05, 4.69) is 0 Å². The highest BCUT2D eigenvalue weighted by Crippen LogP contribution is 2.36. The lowest BCUT2D eigenvalue weighted by Gasteiger charge is -2.26. The van der Waals surface area contributed by atoms with E-state index in [4.69, 9.17) is 23.7 Å². The standard InChI is InChI=1S/C23H23NO7/c1-3-29-16-5-6-17-19(14-16)30-21(22(17)25)13-15-4-7-18(20(12-15)27-2)31-23(26)24-8-10-28-11-9-24/h4-7,12-14H,3,8-11H2,1-2H3/b21-13-. The number of hydrogen-bond donors (Lipinski definition) is 0. The molecule has 0 aliphatic carbocycles. The van der Waals surface area contributed by atoms with Gasteiger partial charge in [-0.05, 0) is 42.8 Å². The second-order valence-electron chi connectivity index (χ2n) is 6.91. The van der Waals surface area contributed by atoms with Gasteiger partial charge in [0.05, 0.1) is 32.5 Å². The number of allylic oxidation sites excluding steroid dienone is 1. The summed E-state index contributed by atoms with van der Waals surface area (Å²) >= 11 is 0. The average Bonchev–Trinajstić information content (AvgIpc) is 3.10. The third-order valence-corrected chi connectivity index (χ3v) is 4.90. The van der Waals surface area contributed by atoms with E-state index < -0.39 is 6.09 Å². The van der Waals surface area contributed by atoms with Gasteiger partial charge in [-0.25, -0.2) is 4.79 Å². The Bertz CT molecular complexity index is 1020. The monoisotopic (exact) mass is 425 g/mol. The van der Waals surface area contributed by atoms with Crippen molar-refractivity contribution in [2.75, 3.05) is 40.0 Å². The van der Waals surface area contributed by atoms with Crippen molar-refractivity contribution in [3.05, 3.63) is 53.3 Å². The van der Waals surface area contributed by atoms with Crippen LogP contribution in [0.15, 0.2) is 42.2 Å². The van der Waals surface area contributed by atoms with E-state index in [0.29, 0.717) is 67.0 Å². The molecular weight excluding hydrogens is 402 g/mol. The molecule has 2 aromatic carbocycles. The first-order valence-electron chi connectivity index (χ1n) is 10.0. The molecule has 8 nitrogen and oxygen atoms in total. The van der Waals surface area contributed by atoms with Crippen LogP contribution < -0.4 is 18.9 Å². The van der Waals surface area contributed by atoms with Crippen molar-refractivity contribution < 1.29 is 33.3 Å². The zero-order valence-corrected chi connectivity index (χ0v) is 17.4. The Balaban J connectivity index is 1.51. The van der Waals surface area contributed by atoms with E-state index >= 15 is 0 Å². The first-order valence-corrected chi connectivity index (χ1v) is 10.0. The molecule has 0 saturated carbocycles. The summed E-state index contributed by atoms with van der Waals surface area (Å²) in [5.74, 6) is 1.76. The molecule has 1 fully saturated rings. The fourth-order valence-electron chi connectivity index (χ4n) is 3.34. The van der Waals surface area contributed by atoms with Gasteiger partial charge in [0.15, 0.2) is 17.3 Å². The first-order chi connectivity index (χ1) is 15.1. The van der Waals surface area contributed by atoms with Crippen LogP contribution in [-0.2, 0) is 4.74 Å². The van der Waals surface area contributed by atoms with Crippen molar-refractivity contribution in [1.82, 2.24) is 4.90 Å². The number of amides is 1. The second kappa shape index (κ2) is 9.09. The molecule has 0 bridgehead atoms. The summed E-state index contributed by atoms with van der Waals surface area (Å²) in [5, 5.41) is 0. The summed E-state index contributed by atoms with van der Waals surface area (Å²) in [4.78, 5) is 26.6. The fourth-order valence-corrected chi connectivity index (χ4v) is 3.34. The van der Waals surface area contributed by atoms with Crippen molar-refractivity contribution in [2.24, 2.45) is 0 Å². The molecule has 2 heterocycles. The maximum atomic E-state index is 12.7. The molecular formula is C23H23NO7. The number of hydrogen-bond acceptors (Lipinski definition) is 7. The van der Waals surface area contributed by atoms with Gasteiger partial charge in [0.25, 0.3) is 0 Å². The molecule has 0 radical (unpaired) electrons. The topological polar surface area (TPSA) is 83.5 Å². The molecule has 0 N–H and O–H groups in total. The molecule has 1 amide bonds. The lowest BCUT2D eigenvalue weighted by molar-refractivity contribution is 0.0413. The number of ketones is 1. The SMILES string of the molecule is CCOc1ccc2c(c1)O/C(=C\c1ccc(OC(=O)N3CCOCC3)c(OC)c1)C2=O. The zero-order valence-electron chi connectivity index (χ0n) is 17.4. The van der Waals surface area contributed by atoms with Gasteiger partial charge in [-0.3, -0.25) is 4.79 Å². The average molecular weight is 425 g/mol. The van der Waals surface area contributed by atoms with Crippen LogP contribution in [0.1, 0.15) is 22.8 Å². The third kappa shape index (κ3) is 4.49. The molecule has 4 rings (SSSR count). The first kappa shape index (κ1) is 20.7. The Morgan fingerprint density at radius 1 is 1.13 bits per heavy atom. The summed E-state index contributed by atoms with van der Waals surface area (Å²) in [6.07, 6.45) is 1.17. The highest BCUT2D eigenvalue weighted by molar-refractivity contribution is 6.14. The Morgan fingerprint density at radius 3 is 2.68 bits per heavy atom. The van der Waals surface area contributed by atoms with Crippen LogP contribution in [0.2, 0.25) is 0 Å². The molecule has 31 heavy (non-hydrogen) atoms. The number of ether oxygens (including phenoxy) is 5. The summed E-state index contributed by atoms with van der Waals surface area (Å²) in [6, 6.07) is 10.2. The number of carbonyl (C=O) groups is 2. The van der Waals surface area contributed by atoms with Gasteiger partial charge >= 0.3 is 6.09 Å². The molecule has 0 spiro atoms. The smallest absolute Gasteiger partial charge is 0.415 e. The van der Waals surface area contributed by atoms with Crippen LogP contribution in [0.5, 0.6) is 23.0 Å². The normalized spacial score (nSPS) is 16.6. The second-order valence-corrected chi connectivity index (χ2v) is 6.91. The van der Waals surface area contributed by atoms with Crippen LogP contribution in [0.4, 0.5) is 4.79 Å². The van der Waals surface area contributed by atoms with E-state index in [-0.39, 0.29) is 11.5 Å². The number of benzene rings is 2. The molecule has 1 saturated heterocycles. The summed E-state index contributed by atoms with van der Waals surface area (Å²) < 4.78 is 27.3. The van der Waals surface area contributed by atoms with Gasteiger partial charge < -0.3 is 28.6 Å². The van der Waals surface area contributed by atoms with E-state index in [0.717, 1.165) is 0 Å². The lowest BCUT2D eigenvalue weighted by atomic mass is 10.1. The fraction of sp³-hybridized carbons (Fsp3) is 0.304. The van der Waals surface area contributed by atoms with Crippen molar-refractivity contribution in [2.45, 2.75) is 6.92 Å². The predicted octanol–water partition coefficient (Wildman–Crippen LogP) is 3.54. The number of nitrogens with zero attached hydrogens (tertiary/aromatic N) is 1. The molecule has 162 valence electrons. The van der Waals surface area contributed by atoms with Gasteiger partial charge in [-0.1, -0.05) is 6.07 Å². The summed E-state index contributed by atoms with van der Waals surface area (Å²) in [5.41, 5.74) is 1.15. The maximum absolute atomic E-state index is 12.7. The Kier molecular flexibility index (Phi) is 6.08. The Morgan fingerprint density at radius 2 is 1.94 bits per heavy atom. The lowest BCUT2D eigenvalue weighted by Crippen LogP contribution is -2.42. The maximum Gasteiger partial charge on any atom is 0.415 e. The number of rotatable bonds is 5. The van der Waals surface area contributed by atoms with E-state index in [1.54, 1.807) is 47.4 Å². The van der Waals surface area contributed by atoms with Crippen LogP contribution in [-0.4, -0.2) is 56.8 Å². The molecule has 2 aliphatic rings. The van der Waals surface area contributed by atoms with Crippen molar-refractivity contribution >= 4 is 18.0 Å². The predicted molar refractivity (Wildman–Crippen MR) is 112 cm³/mol. The summed E-state index contributed by atoms with van der Waals surface area (Å²) in [6.45, 7) is 4.35. The Labute approximate surface area is 179 Å². The molecule has 2 aliphatic heterocycles.